The van der Waals surface area contributed by atoms with Crippen LogP contribution in [-0.4, -0.2) is 28.2 Å². The van der Waals surface area contributed by atoms with Crippen LogP contribution in [0.15, 0.2) is 42.1 Å². The lowest BCUT2D eigenvalue weighted by Crippen LogP contribution is -2.33. The number of hydrogen-bond donors (Lipinski definition) is 1. The molecule has 0 spiro atoms. The molecule has 118 valence electrons. The van der Waals surface area contributed by atoms with Crippen molar-refractivity contribution in [2.75, 3.05) is 6.54 Å². The van der Waals surface area contributed by atoms with E-state index in [1.165, 1.54) is 15.9 Å². The van der Waals surface area contributed by atoms with Gasteiger partial charge in [0.15, 0.2) is 0 Å². The Balaban J connectivity index is 1.51. The molecule has 1 aliphatic carbocycles. The fourth-order valence-electron chi connectivity index (χ4n) is 3.90. The van der Waals surface area contributed by atoms with E-state index in [1.54, 1.807) is 0 Å². The summed E-state index contributed by atoms with van der Waals surface area (Å²) in [5.74, 6) is -0.222. The summed E-state index contributed by atoms with van der Waals surface area (Å²) in [5, 5.41) is 1.17. The number of aromatic amines is 1. The first-order chi connectivity index (χ1) is 11.1. The molecular weight excluding hydrogens is 288 g/mol. The molecule has 0 unspecified atom stereocenters. The monoisotopic (exact) mass is 308 g/mol. The highest BCUT2D eigenvalue weighted by molar-refractivity contribution is 6.05. The quantitative estimate of drug-likeness (QED) is 0.700. The van der Waals surface area contributed by atoms with E-state index in [-0.39, 0.29) is 23.7 Å². The second-order valence-electron chi connectivity index (χ2n) is 6.64. The van der Waals surface area contributed by atoms with E-state index in [9.17, 15) is 9.59 Å². The number of H-pyrrole nitrogens is 1. The molecule has 4 heteroatoms. The highest BCUT2D eigenvalue weighted by Gasteiger charge is 2.47. The third-order valence-corrected chi connectivity index (χ3v) is 5.19. The van der Waals surface area contributed by atoms with Crippen LogP contribution < -0.4 is 0 Å². The number of amides is 2. The number of carbonyl (C=O) groups excluding carboxylic acids is 2. The zero-order chi connectivity index (χ0) is 16.0. The Morgan fingerprint density at radius 3 is 2.83 bits per heavy atom. The van der Waals surface area contributed by atoms with Gasteiger partial charge in [0.1, 0.15) is 0 Å². The number of aromatic nitrogens is 1. The van der Waals surface area contributed by atoms with Gasteiger partial charge >= 0.3 is 0 Å². The maximum absolute atomic E-state index is 12.6. The van der Waals surface area contributed by atoms with Gasteiger partial charge in [-0.3, -0.25) is 14.5 Å². The lowest BCUT2D eigenvalue weighted by molar-refractivity contribution is -0.139. The van der Waals surface area contributed by atoms with Crippen LogP contribution in [0.3, 0.4) is 0 Å². The van der Waals surface area contributed by atoms with Gasteiger partial charge in [-0.15, -0.1) is 0 Å². The van der Waals surface area contributed by atoms with Crippen molar-refractivity contribution >= 4 is 22.7 Å². The minimum absolute atomic E-state index is 0.0172. The van der Waals surface area contributed by atoms with Gasteiger partial charge in [-0.2, -0.15) is 0 Å². The molecule has 1 aliphatic heterocycles. The van der Waals surface area contributed by atoms with Crippen molar-refractivity contribution in [3.05, 3.63) is 47.7 Å². The number of hydrogen-bond acceptors (Lipinski definition) is 2. The number of imide groups is 1. The molecule has 23 heavy (non-hydrogen) atoms. The first-order valence-electron chi connectivity index (χ1n) is 8.21. The number of likely N-dealkylation sites (tertiary alicyclic amines) is 1. The second-order valence-corrected chi connectivity index (χ2v) is 6.64. The van der Waals surface area contributed by atoms with Crippen LogP contribution in [-0.2, 0) is 16.0 Å². The van der Waals surface area contributed by atoms with Crippen molar-refractivity contribution in [1.29, 1.82) is 0 Å². The summed E-state index contributed by atoms with van der Waals surface area (Å²) >= 11 is 0. The largest absolute Gasteiger partial charge is 0.361 e. The number of allylic oxidation sites excluding steroid dienone is 2. The summed E-state index contributed by atoms with van der Waals surface area (Å²) in [6, 6.07) is 8.11. The van der Waals surface area contributed by atoms with Crippen LogP contribution in [0.5, 0.6) is 0 Å². The van der Waals surface area contributed by atoms with Crippen LogP contribution in [0.4, 0.5) is 0 Å². The number of nitrogens with one attached hydrogen (secondary N) is 1. The second kappa shape index (κ2) is 5.37. The van der Waals surface area contributed by atoms with Crippen molar-refractivity contribution in [3.8, 4) is 0 Å². The lowest BCUT2D eigenvalue weighted by atomic mass is 9.82. The molecule has 1 N–H and O–H groups in total. The summed E-state index contributed by atoms with van der Waals surface area (Å²) in [7, 11) is 0. The molecule has 1 saturated heterocycles. The Morgan fingerprint density at radius 1 is 1.17 bits per heavy atom. The Hall–Kier alpha value is -2.36. The van der Waals surface area contributed by atoms with E-state index < -0.39 is 0 Å². The van der Waals surface area contributed by atoms with E-state index in [4.69, 9.17) is 0 Å². The molecule has 1 fully saturated rings. The zero-order valence-electron chi connectivity index (χ0n) is 13.2. The number of fused-ring (bicyclic) bond motifs is 2. The molecule has 0 bridgehead atoms. The molecule has 1 aromatic carbocycles. The average molecular weight is 308 g/mol. The van der Waals surface area contributed by atoms with Crippen molar-refractivity contribution in [2.24, 2.45) is 11.8 Å². The summed E-state index contributed by atoms with van der Waals surface area (Å²) in [6.45, 7) is 2.52. The molecule has 4 nitrogen and oxygen atoms in total. The third-order valence-electron chi connectivity index (χ3n) is 5.19. The van der Waals surface area contributed by atoms with Gasteiger partial charge in [-0.05, 0) is 37.8 Å². The summed E-state index contributed by atoms with van der Waals surface area (Å²) in [5.41, 5.74) is 3.48. The van der Waals surface area contributed by atoms with E-state index in [1.807, 2.05) is 31.3 Å². The number of benzene rings is 1. The van der Waals surface area contributed by atoms with Crippen molar-refractivity contribution < 1.29 is 9.59 Å². The van der Waals surface area contributed by atoms with Gasteiger partial charge in [0.25, 0.3) is 0 Å². The van der Waals surface area contributed by atoms with Gasteiger partial charge in [0.2, 0.25) is 11.8 Å². The molecule has 0 radical (unpaired) electrons. The molecular formula is C19H20N2O2. The van der Waals surface area contributed by atoms with Crippen LogP contribution in [0.25, 0.3) is 10.9 Å². The van der Waals surface area contributed by atoms with Crippen LogP contribution in [0.2, 0.25) is 0 Å². The minimum atomic E-state index is -0.130. The molecule has 2 atom stereocenters. The van der Waals surface area contributed by atoms with Crippen LogP contribution in [0, 0.1) is 11.8 Å². The summed E-state index contributed by atoms with van der Waals surface area (Å²) in [6.07, 6.45) is 6.24. The van der Waals surface area contributed by atoms with Crippen LogP contribution >= 0.6 is 0 Å². The van der Waals surface area contributed by atoms with E-state index in [0.717, 1.165) is 17.5 Å². The maximum Gasteiger partial charge on any atom is 0.233 e. The Bertz CT molecular complexity index is 818. The Kier molecular flexibility index (Phi) is 3.33. The molecule has 4 rings (SSSR count). The van der Waals surface area contributed by atoms with E-state index >= 15 is 0 Å². The topological polar surface area (TPSA) is 53.2 Å². The lowest BCUT2D eigenvalue weighted by Gasteiger charge is -2.19. The predicted molar refractivity (Wildman–Crippen MR) is 88.7 cm³/mol. The number of nitrogens with zero attached hydrogens (tertiary/aromatic N) is 1. The Labute approximate surface area is 135 Å². The zero-order valence-corrected chi connectivity index (χ0v) is 13.2. The van der Waals surface area contributed by atoms with Crippen LogP contribution in [0.1, 0.15) is 25.3 Å². The fraction of sp³-hybridized carbons (Fsp3) is 0.368. The highest BCUT2D eigenvalue weighted by atomic mass is 16.2. The highest BCUT2D eigenvalue weighted by Crippen LogP contribution is 2.37. The molecule has 2 aromatic rings. The van der Waals surface area contributed by atoms with Gasteiger partial charge in [-0.1, -0.05) is 29.8 Å². The van der Waals surface area contributed by atoms with Gasteiger partial charge < -0.3 is 4.98 Å². The van der Waals surface area contributed by atoms with Crippen molar-refractivity contribution in [1.82, 2.24) is 9.88 Å². The number of rotatable bonds is 3. The van der Waals surface area contributed by atoms with Crippen molar-refractivity contribution in [3.63, 3.8) is 0 Å². The maximum atomic E-state index is 12.6. The van der Waals surface area contributed by atoms with Gasteiger partial charge in [0.05, 0.1) is 11.8 Å². The third kappa shape index (κ3) is 2.29. The standard InChI is InChI=1S/C19H20N2O2/c1-12-6-7-15-16(10-12)19(23)21(18(15)22)9-8-13-11-20-17-5-3-2-4-14(13)17/h2-6,11,15-16,20H,7-10H2,1H3/t15-,16-/m1/s1. The van der Waals surface area contributed by atoms with Crippen molar-refractivity contribution in [2.45, 2.75) is 26.2 Å². The van der Waals surface area contributed by atoms with E-state index in [0.29, 0.717) is 19.4 Å². The van der Waals surface area contributed by atoms with Gasteiger partial charge in [-0.25, -0.2) is 0 Å². The fourth-order valence-corrected chi connectivity index (χ4v) is 3.90. The molecule has 2 amide bonds. The SMILES string of the molecule is CC1=CC[C@H]2C(=O)N(CCc3c[nH]c4ccccc34)C(=O)[C@@H]2C1. The molecule has 2 aliphatic rings. The van der Waals surface area contributed by atoms with E-state index in [2.05, 4.69) is 17.1 Å². The predicted octanol–water partition coefficient (Wildman–Crippen LogP) is 3.05. The first-order valence-corrected chi connectivity index (χ1v) is 8.21. The minimum Gasteiger partial charge on any atom is -0.361 e. The number of carbonyl (C=O) groups is 2. The smallest absolute Gasteiger partial charge is 0.233 e. The summed E-state index contributed by atoms with van der Waals surface area (Å²) in [4.78, 5) is 29.9. The number of para-hydroxylation sites is 1. The summed E-state index contributed by atoms with van der Waals surface area (Å²) < 4.78 is 0. The van der Waals surface area contributed by atoms with Gasteiger partial charge in [0, 0.05) is 23.6 Å². The normalized spacial score (nSPS) is 24.2. The Morgan fingerprint density at radius 2 is 1.96 bits per heavy atom. The molecule has 1 aromatic heterocycles. The molecule has 2 heterocycles. The molecule has 0 saturated carbocycles. The first kappa shape index (κ1) is 14.2. The average Bonchev–Trinajstić information content (AvgIpc) is 3.06.